The maximum Gasteiger partial charge on any atom is 0.221 e. The Hall–Kier alpha value is -2.73. The van der Waals surface area contributed by atoms with E-state index in [1.165, 1.54) is 6.33 Å². The van der Waals surface area contributed by atoms with Gasteiger partial charge in [0, 0.05) is 23.7 Å². The minimum Gasteiger partial charge on any atom is -0.481 e. The molecule has 2 aromatic heterocycles. The first-order valence-corrected chi connectivity index (χ1v) is 6.92. The van der Waals surface area contributed by atoms with Crippen LogP contribution in [0.3, 0.4) is 0 Å². The number of aromatic nitrogens is 3. The molecule has 0 radical (unpaired) electrons. The summed E-state index contributed by atoms with van der Waals surface area (Å²) in [6.07, 6.45) is 3.20. The van der Waals surface area contributed by atoms with Crippen LogP contribution in [0.4, 0.5) is 5.82 Å². The number of pyridine rings is 1. The van der Waals surface area contributed by atoms with Crippen LogP contribution in [0.2, 0.25) is 0 Å². The number of benzene rings is 1. The van der Waals surface area contributed by atoms with Crippen LogP contribution in [0.5, 0.6) is 5.88 Å². The molecule has 3 aromatic rings. The summed E-state index contributed by atoms with van der Waals surface area (Å²) < 4.78 is 5.32. The molecule has 6 nitrogen and oxygen atoms in total. The van der Waals surface area contributed by atoms with E-state index in [1.807, 2.05) is 30.3 Å². The van der Waals surface area contributed by atoms with E-state index in [-0.39, 0.29) is 6.61 Å². The first kappa shape index (κ1) is 14.2. The molecular formula is C16H16N4O2. The number of nitrogens with zero attached hydrogens (tertiary/aromatic N) is 3. The predicted octanol–water partition coefficient (Wildman–Crippen LogP) is 2.10. The van der Waals surface area contributed by atoms with Gasteiger partial charge < -0.3 is 15.2 Å². The third-order valence-electron chi connectivity index (χ3n) is 3.32. The average molecular weight is 296 g/mol. The Morgan fingerprint density at radius 2 is 2.09 bits per heavy atom. The standard InChI is InChI=1S/C16H16N4O2/c1-22-16-12(3-2-6-18-16)11-4-5-14-13(9-11)15(17-7-8-21)20-10-19-14/h2-6,9-10,21H,7-8H2,1H3,(H,17,19,20). The quantitative estimate of drug-likeness (QED) is 0.750. The molecule has 112 valence electrons. The Bertz CT molecular complexity index is 792. The Morgan fingerprint density at radius 1 is 1.18 bits per heavy atom. The van der Waals surface area contributed by atoms with Crippen LogP contribution >= 0.6 is 0 Å². The summed E-state index contributed by atoms with van der Waals surface area (Å²) in [6, 6.07) is 9.73. The van der Waals surface area contributed by atoms with E-state index in [2.05, 4.69) is 20.3 Å². The van der Waals surface area contributed by atoms with Crippen molar-refractivity contribution < 1.29 is 9.84 Å². The third kappa shape index (κ3) is 2.68. The molecule has 0 unspecified atom stereocenters. The molecule has 0 saturated carbocycles. The number of rotatable bonds is 5. The fraction of sp³-hybridized carbons (Fsp3) is 0.188. The van der Waals surface area contributed by atoms with Crippen LogP contribution in [0.25, 0.3) is 22.0 Å². The largest absolute Gasteiger partial charge is 0.481 e. The molecule has 0 saturated heterocycles. The van der Waals surface area contributed by atoms with E-state index in [9.17, 15) is 0 Å². The zero-order valence-electron chi connectivity index (χ0n) is 12.2. The van der Waals surface area contributed by atoms with Gasteiger partial charge in [-0.3, -0.25) is 0 Å². The molecule has 1 aromatic carbocycles. The van der Waals surface area contributed by atoms with Gasteiger partial charge in [-0.25, -0.2) is 15.0 Å². The number of ether oxygens (including phenoxy) is 1. The number of hydrogen-bond acceptors (Lipinski definition) is 6. The zero-order valence-corrected chi connectivity index (χ0v) is 12.2. The second-order valence-electron chi connectivity index (χ2n) is 4.66. The van der Waals surface area contributed by atoms with Crippen molar-refractivity contribution in [2.24, 2.45) is 0 Å². The van der Waals surface area contributed by atoms with Crippen LogP contribution in [0.1, 0.15) is 0 Å². The topological polar surface area (TPSA) is 80.2 Å². The molecule has 2 N–H and O–H groups in total. The summed E-state index contributed by atoms with van der Waals surface area (Å²) in [4.78, 5) is 12.7. The summed E-state index contributed by atoms with van der Waals surface area (Å²) in [7, 11) is 1.60. The summed E-state index contributed by atoms with van der Waals surface area (Å²) in [5, 5.41) is 13.0. The SMILES string of the molecule is COc1ncccc1-c1ccc2ncnc(NCCO)c2c1. The number of hydrogen-bond donors (Lipinski definition) is 2. The Morgan fingerprint density at radius 3 is 2.91 bits per heavy atom. The van der Waals surface area contributed by atoms with Gasteiger partial charge in [0.1, 0.15) is 12.1 Å². The highest BCUT2D eigenvalue weighted by molar-refractivity contribution is 5.92. The van der Waals surface area contributed by atoms with Crippen LogP contribution in [0.15, 0.2) is 42.9 Å². The molecule has 0 aliphatic heterocycles. The van der Waals surface area contributed by atoms with Gasteiger partial charge >= 0.3 is 0 Å². The van der Waals surface area contributed by atoms with Crippen LogP contribution in [-0.2, 0) is 0 Å². The second kappa shape index (κ2) is 6.36. The lowest BCUT2D eigenvalue weighted by Crippen LogP contribution is -2.07. The van der Waals surface area contributed by atoms with Gasteiger partial charge in [-0.2, -0.15) is 0 Å². The van der Waals surface area contributed by atoms with E-state index in [0.717, 1.165) is 22.0 Å². The molecule has 0 aliphatic carbocycles. The fourth-order valence-electron chi connectivity index (χ4n) is 2.31. The molecule has 0 amide bonds. The van der Waals surface area contributed by atoms with Crippen molar-refractivity contribution in [3.8, 4) is 17.0 Å². The van der Waals surface area contributed by atoms with Crippen molar-refractivity contribution in [1.82, 2.24) is 15.0 Å². The second-order valence-corrected chi connectivity index (χ2v) is 4.66. The van der Waals surface area contributed by atoms with E-state index in [4.69, 9.17) is 9.84 Å². The van der Waals surface area contributed by atoms with Gasteiger partial charge in [0.2, 0.25) is 5.88 Å². The highest BCUT2D eigenvalue weighted by Crippen LogP contribution is 2.31. The number of methoxy groups -OCH3 is 1. The smallest absolute Gasteiger partial charge is 0.221 e. The predicted molar refractivity (Wildman–Crippen MR) is 84.9 cm³/mol. The molecule has 0 spiro atoms. The van der Waals surface area contributed by atoms with Crippen molar-refractivity contribution in [2.45, 2.75) is 0 Å². The van der Waals surface area contributed by atoms with E-state index in [1.54, 1.807) is 13.3 Å². The molecule has 0 atom stereocenters. The summed E-state index contributed by atoms with van der Waals surface area (Å²) in [6.45, 7) is 0.480. The molecule has 6 heteroatoms. The third-order valence-corrected chi connectivity index (χ3v) is 3.32. The lowest BCUT2D eigenvalue weighted by molar-refractivity contribution is 0.311. The maximum absolute atomic E-state index is 8.97. The highest BCUT2D eigenvalue weighted by atomic mass is 16.5. The van der Waals surface area contributed by atoms with Crippen molar-refractivity contribution in [3.05, 3.63) is 42.9 Å². The van der Waals surface area contributed by atoms with E-state index >= 15 is 0 Å². The normalized spacial score (nSPS) is 10.6. The van der Waals surface area contributed by atoms with Crippen molar-refractivity contribution in [3.63, 3.8) is 0 Å². The zero-order chi connectivity index (χ0) is 15.4. The molecule has 2 heterocycles. The van der Waals surface area contributed by atoms with Crippen molar-refractivity contribution in [1.29, 1.82) is 0 Å². The molecular weight excluding hydrogens is 280 g/mol. The van der Waals surface area contributed by atoms with Crippen LogP contribution in [-0.4, -0.2) is 40.3 Å². The molecule has 0 aliphatic rings. The van der Waals surface area contributed by atoms with Gasteiger partial charge in [-0.05, 0) is 29.8 Å². The van der Waals surface area contributed by atoms with Gasteiger partial charge in [-0.15, -0.1) is 0 Å². The van der Waals surface area contributed by atoms with Crippen molar-refractivity contribution >= 4 is 16.7 Å². The molecule has 0 bridgehead atoms. The highest BCUT2D eigenvalue weighted by Gasteiger charge is 2.09. The van der Waals surface area contributed by atoms with Crippen molar-refractivity contribution in [2.75, 3.05) is 25.6 Å². The monoisotopic (exact) mass is 296 g/mol. The maximum atomic E-state index is 8.97. The van der Waals surface area contributed by atoms with E-state index < -0.39 is 0 Å². The van der Waals surface area contributed by atoms with Gasteiger partial charge in [0.15, 0.2) is 0 Å². The summed E-state index contributed by atoms with van der Waals surface area (Å²) in [5.41, 5.74) is 2.71. The first-order chi connectivity index (χ1) is 10.8. The van der Waals surface area contributed by atoms with Crippen LogP contribution in [0, 0.1) is 0 Å². The minimum atomic E-state index is 0.0433. The van der Waals surface area contributed by atoms with Gasteiger partial charge in [0.25, 0.3) is 0 Å². The Balaban J connectivity index is 2.12. The fourth-order valence-corrected chi connectivity index (χ4v) is 2.31. The first-order valence-electron chi connectivity index (χ1n) is 6.92. The number of anilines is 1. The lowest BCUT2D eigenvalue weighted by atomic mass is 10.0. The summed E-state index contributed by atoms with van der Waals surface area (Å²) >= 11 is 0. The molecule has 22 heavy (non-hydrogen) atoms. The Labute approximate surface area is 127 Å². The number of aliphatic hydroxyl groups is 1. The lowest BCUT2D eigenvalue weighted by Gasteiger charge is -2.10. The minimum absolute atomic E-state index is 0.0433. The Kier molecular flexibility index (Phi) is 4.11. The molecule has 3 rings (SSSR count). The average Bonchev–Trinajstić information content (AvgIpc) is 2.59. The van der Waals surface area contributed by atoms with Crippen LogP contribution < -0.4 is 10.1 Å². The number of fused-ring (bicyclic) bond motifs is 1. The van der Waals surface area contributed by atoms with Gasteiger partial charge in [0.05, 0.1) is 19.2 Å². The summed E-state index contributed by atoms with van der Waals surface area (Å²) in [5.74, 6) is 1.27. The van der Waals surface area contributed by atoms with E-state index in [0.29, 0.717) is 18.2 Å². The molecule has 0 fully saturated rings. The number of nitrogens with one attached hydrogen (secondary N) is 1. The van der Waals surface area contributed by atoms with Gasteiger partial charge in [-0.1, -0.05) is 6.07 Å². The number of aliphatic hydroxyl groups excluding tert-OH is 1.